The second kappa shape index (κ2) is 10.3. The number of aryl methyl sites for hydroxylation is 1. The Bertz CT molecular complexity index is 762. The summed E-state index contributed by atoms with van der Waals surface area (Å²) in [7, 11) is 2.91. The predicted molar refractivity (Wildman–Crippen MR) is 104 cm³/mol. The fraction of sp³-hybridized carbons (Fsp3) is 0.333. The van der Waals surface area contributed by atoms with Gasteiger partial charge in [-0.05, 0) is 29.7 Å². The maximum Gasteiger partial charge on any atom is 0.328 e. The van der Waals surface area contributed by atoms with Gasteiger partial charge in [0, 0.05) is 13.0 Å². The number of hydrogen-bond acceptors (Lipinski definition) is 5. The van der Waals surface area contributed by atoms with Crippen molar-refractivity contribution in [3.63, 3.8) is 0 Å². The van der Waals surface area contributed by atoms with Crippen LogP contribution in [0.4, 0.5) is 0 Å². The van der Waals surface area contributed by atoms with Crippen LogP contribution >= 0.6 is 0 Å². The molecule has 1 amide bonds. The third kappa shape index (κ3) is 6.42. The second-order valence-electron chi connectivity index (χ2n) is 6.24. The van der Waals surface area contributed by atoms with Crippen LogP contribution in [0.3, 0.4) is 0 Å². The minimum Gasteiger partial charge on any atom is -0.496 e. The van der Waals surface area contributed by atoms with Crippen molar-refractivity contribution in [2.45, 2.75) is 25.9 Å². The summed E-state index contributed by atoms with van der Waals surface area (Å²) >= 11 is 0. The predicted octanol–water partition coefficient (Wildman–Crippen LogP) is 1.99. The van der Waals surface area contributed by atoms with E-state index in [1.165, 1.54) is 7.11 Å². The number of carbonyl (C=O) groups is 2. The highest BCUT2D eigenvalue weighted by atomic mass is 16.5. The quantitative estimate of drug-likeness (QED) is 0.660. The first-order valence-corrected chi connectivity index (χ1v) is 8.79. The molecule has 0 aliphatic heterocycles. The van der Waals surface area contributed by atoms with Gasteiger partial charge in [0.25, 0.3) is 0 Å². The topological polar surface area (TPSA) is 76.7 Å². The standard InChI is InChI=1S/C21H26N2O4/c1-15-9-10-17(12-19(15)26-2)11-18(21(25)27-3)23-20(24)14-22-13-16-7-5-4-6-8-16/h4-10,12,18,22H,11,13-14H2,1-3H3,(H,23,24). The average molecular weight is 370 g/mol. The van der Waals surface area contributed by atoms with Crippen LogP contribution in [0.2, 0.25) is 0 Å². The number of methoxy groups -OCH3 is 2. The van der Waals surface area contributed by atoms with Crippen molar-refractivity contribution in [3.05, 3.63) is 65.2 Å². The van der Waals surface area contributed by atoms with Crippen molar-refractivity contribution in [2.75, 3.05) is 20.8 Å². The number of benzene rings is 2. The monoisotopic (exact) mass is 370 g/mol. The van der Waals surface area contributed by atoms with Gasteiger partial charge in [-0.1, -0.05) is 42.5 Å². The van der Waals surface area contributed by atoms with Crippen molar-refractivity contribution >= 4 is 11.9 Å². The molecule has 2 rings (SSSR count). The molecule has 0 fully saturated rings. The number of nitrogens with one attached hydrogen (secondary N) is 2. The Morgan fingerprint density at radius 1 is 1.04 bits per heavy atom. The molecule has 0 aliphatic rings. The first-order chi connectivity index (χ1) is 13.0. The molecule has 2 aromatic rings. The first kappa shape index (κ1) is 20.5. The molecule has 27 heavy (non-hydrogen) atoms. The van der Waals surface area contributed by atoms with E-state index in [1.54, 1.807) is 7.11 Å². The van der Waals surface area contributed by atoms with Crippen LogP contribution in [0, 0.1) is 6.92 Å². The van der Waals surface area contributed by atoms with Crippen LogP contribution < -0.4 is 15.4 Å². The van der Waals surface area contributed by atoms with E-state index in [0.717, 1.165) is 22.4 Å². The molecule has 0 aromatic heterocycles. The molecule has 0 radical (unpaired) electrons. The summed E-state index contributed by atoms with van der Waals surface area (Å²) in [6.07, 6.45) is 0.327. The molecule has 2 N–H and O–H groups in total. The van der Waals surface area contributed by atoms with Crippen LogP contribution in [0.15, 0.2) is 48.5 Å². The van der Waals surface area contributed by atoms with Gasteiger partial charge in [-0.3, -0.25) is 4.79 Å². The van der Waals surface area contributed by atoms with Gasteiger partial charge >= 0.3 is 5.97 Å². The molecule has 0 saturated heterocycles. The second-order valence-corrected chi connectivity index (χ2v) is 6.24. The van der Waals surface area contributed by atoms with Crippen molar-refractivity contribution in [1.29, 1.82) is 0 Å². The van der Waals surface area contributed by atoms with Crippen LogP contribution in [-0.2, 0) is 27.3 Å². The minimum absolute atomic E-state index is 0.111. The largest absolute Gasteiger partial charge is 0.496 e. The van der Waals surface area contributed by atoms with E-state index in [1.807, 2.05) is 55.5 Å². The fourth-order valence-corrected chi connectivity index (χ4v) is 2.72. The van der Waals surface area contributed by atoms with E-state index >= 15 is 0 Å². The number of amides is 1. The Morgan fingerprint density at radius 2 is 1.78 bits per heavy atom. The van der Waals surface area contributed by atoms with Crippen LogP contribution in [0.25, 0.3) is 0 Å². The smallest absolute Gasteiger partial charge is 0.328 e. The van der Waals surface area contributed by atoms with E-state index in [-0.39, 0.29) is 12.5 Å². The van der Waals surface area contributed by atoms with Crippen molar-refractivity contribution in [2.24, 2.45) is 0 Å². The SMILES string of the molecule is COC(=O)C(Cc1ccc(C)c(OC)c1)NC(=O)CNCc1ccccc1. The summed E-state index contributed by atoms with van der Waals surface area (Å²) < 4.78 is 10.2. The molecular weight excluding hydrogens is 344 g/mol. The molecule has 0 bridgehead atoms. The molecule has 6 heteroatoms. The third-order valence-electron chi connectivity index (χ3n) is 4.19. The number of esters is 1. The number of ether oxygens (including phenoxy) is 2. The minimum atomic E-state index is -0.756. The fourth-order valence-electron chi connectivity index (χ4n) is 2.72. The maximum atomic E-state index is 12.2. The Labute approximate surface area is 159 Å². The summed E-state index contributed by atoms with van der Waals surface area (Å²) in [5, 5.41) is 5.81. The summed E-state index contributed by atoms with van der Waals surface area (Å²) in [6.45, 7) is 2.63. The van der Waals surface area contributed by atoms with Gasteiger partial charge in [-0.25, -0.2) is 4.79 Å². The molecule has 2 aromatic carbocycles. The average Bonchev–Trinajstić information content (AvgIpc) is 2.69. The highest BCUT2D eigenvalue weighted by Crippen LogP contribution is 2.20. The van der Waals surface area contributed by atoms with E-state index in [2.05, 4.69) is 10.6 Å². The van der Waals surface area contributed by atoms with Gasteiger partial charge in [0.05, 0.1) is 20.8 Å². The lowest BCUT2D eigenvalue weighted by Crippen LogP contribution is -2.46. The zero-order chi connectivity index (χ0) is 19.6. The Morgan fingerprint density at radius 3 is 2.44 bits per heavy atom. The third-order valence-corrected chi connectivity index (χ3v) is 4.19. The first-order valence-electron chi connectivity index (χ1n) is 8.79. The van der Waals surface area contributed by atoms with E-state index in [9.17, 15) is 9.59 Å². The van der Waals surface area contributed by atoms with Gasteiger partial charge in [0.1, 0.15) is 11.8 Å². The van der Waals surface area contributed by atoms with E-state index in [0.29, 0.717) is 13.0 Å². The Hall–Kier alpha value is -2.86. The number of carbonyl (C=O) groups excluding carboxylic acids is 2. The lowest BCUT2D eigenvalue weighted by Gasteiger charge is -2.17. The van der Waals surface area contributed by atoms with Crippen LogP contribution in [-0.4, -0.2) is 38.7 Å². The summed E-state index contributed by atoms with van der Waals surface area (Å²) in [5.41, 5.74) is 2.97. The van der Waals surface area contributed by atoms with Gasteiger partial charge < -0.3 is 20.1 Å². The Kier molecular flexibility index (Phi) is 7.82. The number of rotatable bonds is 9. The molecular formula is C21H26N2O4. The maximum absolute atomic E-state index is 12.2. The highest BCUT2D eigenvalue weighted by Gasteiger charge is 2.22. The molecule has 0 heterocycles. The Balaban J connectivity index is 1.93. The molecule has 144 valence electrons. The highest BCUT2D eigenvalue weighted by molar-refractivity contribution is 5.85. The van der Waals surface area contributed by atoms with Gasteiger partial charge in [-0.2, -0.15) is 0 Å². The van der Waals surface area contributed by atoms with Crippen LogP contribution in [0.5, 0.6) is 5.75 Å². The summed E-state index contributed by atoms with van der Waals surface area (Å²) in [4.78, 5) is 24.3. The zero-order valence-corrected chi connectivity index (χ0v) is 16.0. The van der Waals surface area contributed by atoms with E-state index in [4.69, 9.17) is 9.47 Å². The molecule has 0 aliphatic carbocycles. The molecule has 0 saturated carbocycles. The molecule has 0 spiro atoms. The van der Waals surface area contributed by atoms with E-state index < -0.39 is 12.0 Å². The molecule has 6 nitrogen and oxygen atoms in total. The van der Waals surface area contributed by atoms with Gasteiger partial charge in [-0.15, -0.1) is 0 Å². The number of hydrogen-bond donors (Lipinski definition) is 2. The van der Waals surface area contributed by atoms with Crippen molar-refractivity contribution < 1.29 is 19.1 Å². The summed E-state index contributed by atoms with van der Waals surface area (Å²) in [6, 6.07) is 14.7. The van der Waals surface area contributed by atoms with Gasteiger partial charge in [0.15, 0.2) is 0 Å². The van der Waals surface area contributed by atoms with Gasteiger partial charge in [0.2, 0.25) is 5.91 Å². The summed E-state index contributed by atoms with van der Waals surface area (Å²) in [5.74, 6) is -0.00155. The lowest BCUT2D eigenvalue weighted by atomic mass is 10.0. The van der Waals surface area contributed by atoms with Crippen LogP contribution in [0.1, 0.15) is 16.7 Å². The molecule has 1 atom stereocenters. The normalized spacial score (nSPS) is 11.5. The van der Waals surface area contributed by atoms with Crippen molar-refractivity contribution in [1.82, 2.24) is 10.6 Å². The lowest BCUT2D eigenvalue weighted by molar-refractivity contribution is -0.144. The van der Waals surface area contributed by atoms with Crippen molar-refractivity contribution in [3.8, 4) is 5.75 Å². The molecule has 1 unspecified atom stereocenters. The zero-order valence-electron chi connectivity index (χ0n) is 16.0.